The smallest absolute Gasteiger partial charge is 0.215 e. The first kappa shape index (κ1) is 19.1. The number of ether oxygens (including phenoxy) is 1. The molecule has 1 aliphatic heterocycles. The molecule has 1 N–H and O–H groups in total. The van der Waals surface area contributed by atoms with Crippen LogP contribution >= 0.6 is 11.6 Å². The molecule has 0 spiro atoms. The normalized spacial score (nSPS) is 16.7. The molecule has 0 saturated carbocycles. The lowest BCUT2D eigenvalue weighted by Crippen LogP contribution is -2.39. The van der Waals surface area contributed by atoms with E-state index in [-0.39, 0.29) is 18.4 Å². The monoisotopic (exact) mass is 417 g/mol. The van der Waals surface area contributed by atoms with Gasteiger partial charge in [0.15, 0.2) is 0 Å². The molecule has 0 bridgehead atoms. The maximum atomic E-state index is 12.4. The lowest BCUT2D eigenvalue weighted by molar-refractivity contribution is 0.00634. The standard InChI is InChI=1S/C20H20ClN3O3S/c21-17-8-6-16(7-9-17)19-11-22-20-13-27-18(12-24(19)20)10-23-28(25,26)14-15-4-2-1-3-5-15/h1-9,11,18,23H,10,12-14H2/t18-/m0/s1. The zero-order valence-electron chi connectivity index (χ0n) is 15.1. The predicted molar refractivity (Wildman–Crippen MR) is 108 cm³/mol. The number of fused-ring (bicyclic) bond motifs is 1. The third-order valence-electron chi connectivity index (χ3n) is 4.64. The number of hydrogen-bond acceptors (Lipinski definition) is 4. The highest BCUT2D eigenvalue weighted by Gasteiger charge is 2.24. The largest absolute Gasteiger partial charge is 0.367 e. The van der Waals surface area contributed by atoms with Gasteiger partial charge in [0.05, 0.1) is 30.3 Å². The van der Waals surface area contributed by atoms with E-state index in [1.54, 1.807) is 12.1 Å². The lowest BCUT2D eigenvalue weighted by atomic mass is 10.1. The van der Waals surface area contributed by atoms with Crippen molar-refractivity contribution in [2.75, 3.05) is 6.54 Å². The van der Waals surface area contributed by atoms with Crippen LogP contribution in [0.4, 0.5) is 0 Å². The maximum Gasteiger partial charge on any atom is 0.215 e. The second-order valence-electron chi connectivity index (χ2n) is 6.70. The van der Waals surface area contributed by atoms with Crippen LogP contribution < -0.4 is 4.72 Å². The van der Waals surface area contributed by atoms with Crippen molar-refractivity contribution in [3.8, 4) is 11.3 Å². The molecule has 2 heterocycles. The van der Waals surface area contributed by atoms with Gasteiger partial charge >= 0.3 is 0 Å². The number of sulfonamides is 1. The van der Waals surface area contributed by atoms with E-state index < -0.39 is 10.0 Å². The molecule has 0 radical (unpaired) electrons. The molecule has 0 unspecified atom stereocenters. The Hall–Kier alpha value is -2.19. The minimum Gasteiger partial charge on any atom is -0.367 e. The van der Waals surface area contributed by atoms with Crippen LogP contribution in [0.25, 0.3) is 11.3 Å². The number of benzene rings is 2. The van der Waals surface area contributed by atoms with Gasteiger partial charge in [-0.3, -0.25) is 0 Å². The summed E-state index contributed by atoms with van der Waals surface area (Å²) >= 11 is 5.97. The van der Waals surface area contributed by atoms with E-state index in [1.807, 2.05) is 48.7 Å². The highest BCUT2D eigenvalue weighted by Crippen LogP contribution is 2.26. The van der Waals surface area contributed by atoms with Crippen LogP contribution in [0.15, 0.2) is 60.8 Å². The van der Waals surface area contributed by atoms with Crippen molar-refractivity contribution in [1.29, 1.82) is 0 Å². The van der Waals surface area contributed by atoms with Gasteiger partial charge in [-0.05, 0) is 23.3 Å². The number of nitrogens with one attached hydrogen (secondary N) is 1. The minimum absolute atomic E-state index is 0.0487. The van der Waals surface area contributed by atoms with Gasteiger partial charge in [-0.1, -0.05) is 54.1 Å². The fourth-order valence-electron chi connectivity index (χ4n) is 3.22. The van der Waals surface area contributed by atoms with Gasteiger partial charge < -0.3 is 9.30 Å². The molecule has 0 fully saturated rings. The molecule has 1 aromatic heterocycles. The third kappa shape index (κ3) is 4.44. The Morgan fingerprint density at radius 3 is 2.64 bits per heavy atom. The maximum absolute atomic E-state index is 12.4. The summed E-state index contributed by atoms with van der Waals surface area (Å²) in [5.41, 5.74) is 2.72. The van der Waals surface area contributed by atoms with Gasteiger partial charge in [0.2, 0.25) is 10.0 Å². The number of halogens is 1. The van der Waals surface area contributed by atoms with Crippen molar-refractivity contribution in [2.24, 2.45) is 0 Å². The molecule has 6 nitrogen and oxygen atoms in total. The second-order valence-corrected chi connectivity index (χ2v) is 8.95. The van der Waals surface area contributed by atoms with Crippen molar-refractivity contribution in [3.63, 3.8) is 0 Å². The van der Waals surface area contributed by atoms with E-state index in [4.69, 9.17) is 16.3 Å². The molecular formula is C20H20ClN3O3S. The minimum atomic E-state index is -3.43. The Morgan fingerprint density at radius 2 is 1.89 bits per heavy atom. The van der Waals surface area contributed by atoms with Gasteiger partial charge in [0.25, 0.3) is 0 Å². The van der Waals surface area contributed by atoms with Gasteiger partial charge in [0.1, 0.15) is 12.4 Å². The Kier molecular flexibility index (Phi) is 5.50. The van der Waals surface area contributed by atoms with Crippen LogP contribution in [0.5, 0.6) is 0 Å². The predicted octanol–water partition coefficient (Wildman–Crippen LogP) is 3.22. The molecule has 1 atom stereocenters. The van der Waals surface area contributed by atoms with Crippen LogP contribution in [0.1, 0.15) is 11.4 Å². The highest BCUT2D eigenvalue weighted by molar-refractivity contribution is 7.88. The van der Waals surface area contributed by atoms with Crippen molar-refractivity contribution >= 4 is 21.6 Å². The number of nitrogens with zero attached hydrogens (tertiary/aromatic N) is 2. The van der Waals surface area contributed by atoms with Crippen molar-refractivity contribution in [1.82, 2.24) is 14.3 Å². The molecule has 0 saturated heterocycles. The van der Waals surface area contributed by atoms with Gasteiger partial charge in [-0.25, -0.2) is 18.1 Å². The fourth-order valence-corrected chi connectivity index (χ4v) is 4.52. The first-order chi connectivity index (χ1) is 13.5. The van der Waals surface area contributed by atoms with Crippen molar-refractivity contribution in [2.45, 2.75) is 25.0 Å². The van der Waals surface area contributed by atoms with Crippen LogP contribution in [-0.4, -0.2) is 30.6 Å². The summed E-state index contributed by atoms with van der Waals surface area (Å²) in [6.07, 6.45) is 1.54. The summed E-state index contributed by atoms with van der Waals surface area (Å²) in [7, 11) is -3.43. The Bertz CT molecular complexity index is 1050. The quantitative estimate of drug-likeness (QED) is 0.668. The number of rotatable bonds is 6. The number of aromatic nitrogens is 2. The van der Waals surface area contributed by atoms with Crippen LogP contribution in [0, 0.1) is 0 Å². The molecule has 4 rings (SSSR count). The Balaban J connectivity index is 1.43. The molecule has 1 aliphatic rings. The van der Waals surface area contributed by atoms with Gasteiger partial charge in [-0.15, -0.1) is 0 Å². The van der Waals surface area contributed by atoms with E-state index in [1.165, 1.54) is 0 Å². The summed E-state index contributed by atoms with van der Waals surface area (Å²) in [5.74, 6) is 0.778. The van der Waals surface area contributed by atoms with Crippen LogP contribution in [-0.2, 0) is 33.7 Å². The van der Waals surface area contributed by atoms with Crippen LogP contribution in [0.3, 0.4) is 0 Å². The summed E-state index contributed by atoms with van der Waals surface area (Å²) in [4.78, 5) is 4.42. The SMILES string of the molecule is O=S(=O)(Cc1ccccc1)NC[C@H]1Cn2c(-c3ccc(Cl)cc3)cnc2CO1. The first-order valence-corrected chi connectivity index (χ1v) is 11.0. The molecule has 28 heavy (non-hydrogen) atoms. The van der Waals surface area contributed by atoms with Crippen LogP contribution in [0.2, 0.25) is 5.02 Å². The molecule has 0 aliphatic carbocycles. The average molecular weight is 418 g/mol. The number of hydrogen-bond donors (Lipinski definition) is 1. The van der Waals surface area contributed by atoms with E-state index in [9.17, 15) is 8.42 Å². The lowest BCUT2D eigenvalue weighted by Gasteiger charge is -2.26. The van der Waals surface area contributed by atoms with E-state index in [0.29, 0.717) is 18.2 Å². The second kappa shape index (κ2) is 8.05. The topological polar surface area (TPSA) is 73.2 Å². The molecule has 3 aromatic rings. The van der Waals surface area contributed by atoms with E-state index >= 15 is 0 Å². The van der Waals surface area contributed by atoms with Crippen molar-refractivity contribution < 1.29 is 13.2 Å². The summed E-state index contributed by atoms with van der Waals surface area (Å²) < 4.78 is 35.2. The van der Waals surface area contributed by atoms with Gasteiger partial charge in [-0.2, -0.15) is 0 Å². The molecular weight excluding hydrogens is 398 g/mol. The zero-order chi connectivity index (χ0) is 19.6. The zero-order valence-corrected chi connectivity index (χ0v) is 16.7. The van der Waals surface area contributed by atoms with Gasteiger partial charge in [0, 0.05) is 11.6 Å². The summed E-state index contributed by atoms with van der Waals surface area (Å²) in [6, 6.07) is 16.7. The van der Waals surface area contributed by atoms with E-state index in [0.717, 1.165) is 22.6 Å². The Labute approximate surface area is 169 Å². The summed E-state index contributed by atoms with van der Waals surface area (Å²) in [5, 5.41) is 0.677. The third-order valence-corrected chi connectivity index (χ3v) is 6.21. The fraction of sp³-hybridized carbons (Fsp3) is 0.250. The molecule has 0 amide bonds. The Morgan fingerprint density at radius 1 is 1.14 bits per heavy atom. The first-order valence-electron chi connectivity index (χ1n) is 8.93. The van der Waals surface area contributed by atoms with Crippen molar-refractivity contribution in [3.05, 3.63) is 77.2 Å². The average Bonchev–Trinajstić information content (AvgIpc) is 3.11. The number of imidazole rings is 1. The molecule has 8 heteroatoms. The molecule has 146 valence electrons. The summed E-state index contributed by atoms with van der Waals surface area (Å²) in [6.45, 7) is 1.09. The van der Waals surface area contributed by atoms with E-state index in [2.05, 4.69) is 14.3 Å². The highest BCUT2D eigenvalue weighted by atomic mass is 35.5. The molecule has 2 aromatic carbocycles.